The third-order valence-electron chi connectivity index (χ3n) is 4.82. The molecule has 3 aliphatic heterocycles. The Morgan fingerprint density at radius 2 is 1.42 bits per heavy atom. The highest BCUT2D eigenvalue weighted by Crippen LogP contribution is 2.34. The van der Waals surface area contributed by atoms with Crippen molar-refractivity contribution < 1.29 is 4.57 Å². The van der Waals surface area contributed by atoms with Crippen molar-refractivity contribution in [2.45, 2.75) is 38.5 Å². The number of hydrogen-bond acceptors (Lipinski definition) is 5. The van der Waals surface area contributed by atoms with E-state index in [9.17, 15) is 4.57 Å². The van der Waals surface area contributed by atoms with Crippen LogP contribution in [0.5, 0.6) is 0 Å². The molecule has 0 aliphatic carbocycles. The van der Waals surface area contributed by atoms with E-state index in [2.05, 4.69) is 20.9 Å². The minimum Gasteiger partial charge on any atom is -0.317 e. The Labute approximate surface area is 156 Å². The van der Waals surface area contributed by atoms with Crippen LogP contribution in [0.1, 0.15) is 38.5 Å². The third kappa shape index (κ3) is 5.61. The molecular formula is C18H31N6OP. The lowest BCUT2D eigenvalue weighted by atomic mass is 10.3. The number of aromatic nitrogens is 3. The van der Waals surface area contributed by atoms with Crippen molar-refractivity contribution in [2.24, 2.45) is 0 Å². The molecule has 3 fully saturated rings. The molecule has 0 bridgehead atoms. The Kier molecular flexibility index (Phi) is 8.08. The van der Waals surface area contributed by atoms with Gasteiger partial charge in [0.05, 0.1) is 5.52 Å². The quantitative estimate of drug-likeness (QED) is 0.782. The summed E-state index contributed by atoms with van der Waals surface area (Å²) < 4.78 is 15.9. The van der Waals surface area contributed by atoms with E-state index in [-0.39, 0.29) is 0 Å². The first kappa shape index (κ1) is 19.5. The second-order valence-electron chi connectivity index (χ2n) is 6.88. The zero-order valence-corrected chi connectivity index (χ0v) is 16.5. The molecule has 0 amide bonds. The normalized spacial score (nSPS) is 21.1. The van der Waals surface area contributed by atoms with Crippen LogP contribution in [0.3, 0.4) is 0 Å². The average molecular weight is 378 g/mol. The highest BCUT2D eigenvalue weighted by Gasteiger charge is 2.20. The number of fused-ring (bicyclic) bond motifs is 1. The van der Waals surface area contributed by atoms with Crippen molar-refractivity contribution >= 4 is 19.1 Å². The molecule has 1 atom stereocenters. The molecule has 0 spiro atoms. The van der Waals surface area contributed by atoms with Gasteiger partial charge in [0.2, 0.25) is 8.10 Å². The number of nitrogens with zero attached hydrogens (tertiary/aromatic N) is 4. The lowest BCUT2D eigenvalue weighted by Gasteiger charge is -2.13. The summed E-state index contributed by atoms with van der Waals surface area (Å²) in [5.74, 6) is 0. The third-order valence-corrected chi connectivity index (χ3v) is 6.50. The van der Waals surface area contributed by atoms with Crippen molar-refractivity contribution in [1.29, 1.82) is 0 Å². The Bertz CT molecular complexity index is 652. The summed E-state index contributed by atoms with van der Waals surface area (Å²) in [6.07, 6.45) is 7.81. The monoisotopic (exact) mass is 378 g/mol. The second-order valence-corrected chi connectivity index (χ2v) is 8.50. The van der Waals surface area contributed by atoms with Gasteiger partial charge in [0.15, 0.2) is 0 Å². The van der Waals surface area contributed by atoms with Crippen LogP contribution in [0.25, 0.3) is 11.0 Å². The Hall–Kier alpha value is -1.27. The summed E-state index contributed by atoms with van der Waals surface area (Å²) in [6, 6.07) is 7.63. The van der Waals surface area contributed by atoms with Gasteiger partial charge in [-0.15, -0.1) is 5.10 Å². The minimum absolute atomic E-state index is 0.806. The molecule has 26 heavy (non-hydrogen) atoms. The fourth-order valence-electron chi connectivity index (χ4n) is 3.30. The van der Waals surface area contributed by atoms with Crippen molar-refractivity contribution in [3.05, 3.63) is 24.3 Å². The van der Waals surface area contributed by atoms with Gasteiger partial charge in [-0.2, -0.15) is 4.45 Å². The first-order chi connectivity index (χ1) is 12.9. The second kappa shape index (κ2) is 10.8. The molecule has 2 N–H and O–H groups in total. The molecule has 8 heteroatoms. The summed E-state index contributed by atoms with van der Waals surface area (Å²) in [4.78, 5) is 0. The molecular weight excluding hydrogens is 347 g/mol. The molecule has 4 heterocycles. The molecule has 1 unspecified atom stereocenters. The van der Waals surface area contributed by atoms with E-state index in [1.165, 1.54) is 51.9 Å². The largest absolute Gasteiger partial charge is 0.317 e. The maximum absolute atomic E-state index is 12.3. The number of para-hydroxylation sites is 1. The van der Waals surface area contributed by atoms with Crippen LogP contribution in [0.4, 0.5) is 0 Å². The van der Waals surface area contributed by atoms with E-state index in [0.717, 1.165) is 37.0 Å². The van der Waals surface area contributed by atoms with Gasteiger partial charge in [0.1, 0.15) is 5.52 Å². The molecule has 3 aliphatic rings. The van der Waals surface area contributed by atoms with Gasteiger partial charge in [-0.1, -0.05) is 17.3 Å². The van der Waals surface area contributed by atoms with Crippen LogP contribution >= 0.6 is 8.10 Å². The maximum atomic E-state index is 12.3. The first-order valence-electron chi connectivity index (χ1n) is 9.87. The van der Waals surface area contributed by atoms with Gasteiger partial charge >= 0.3 is 0 Å². The van der Waals surface area contributed by atoms with E-state index in [1.54, 1.807) is 4.45 Å². The SMILES string of the molecule is C1CCNC1.C1CCNC1.O=[PH](N1CCCC1)n1nnc2ccccc21. The van der Waals surface area contributed by atoms with Crippen LogP contribution in [-0.4, -0.2) is 58.7 Å². The van der Waals surface area contributed by atoms with E-state index in [0.29, 0.717) is 0 Å². The van der Waals surface area contributed by atoms with Gasteiger partial charge in [0, 0.05) is 13.1 Å². The summed E-state index contributed by atoms with van der Waals surface area (Å²) >= 11 is 0. The zero-order valence-electron chi connectivity index (χ0n) is 15.5. The first-order valence-corrected chi connectivity index (χ1v) is 11.2. The zero-order chi connectivity index (χ0) is 18.0. The van der Waals surface area contributed by atoms with Crippen LogP contribution in [0, 0.1) is 0 Å². The number of rotatable bonds is 2. The predicted molar refractivity (Wildman–Crippen MR) is 107 cm³/mol. The molecule has 144 valence electrons. The van der Waals surface area contributed by atoms with Crippen molar-refractivity contribution in [3.63, 3.8) is 0 Å². The summed E-state index contributed by atoms with van der Waals surface area (Å²) in [5.41, 5.74) is 1.67. The Balaban J connectivity index is 0.000000159. The lowest BCUT2D eigenvalue weighted by Crippen LogP contribution is -2.13. The van der Waals surface area contributed by atoms with Gasteiger partial charge < -0.3 is 10.6 Å². The average Bonchev–Trinajstić information content (AvgIpc) is 3.50. The number of nitrogens with one attached hydrogen (secondary N) is 2. The van der Waals surface area contributed by atoms with E-state index >= 15 is 0 Å². The number of benzene rings is 1. The lowest BCUT2D eigenvalue weighted by molar-refractivity contribution is 0.481. The van der Waals surface area contributed by atoms with E-state index in [1.807, 2.05) is 28.9 Å². The van der Waals surface area contributed by atoms with Crippen molar-refractivity contribution in [2.75, 3.05) is 39.3 Å². The topological polar surface area (TPSA) is 75.1 Å². The standard InChI is InChI=1S/C10H13N4OP.2C4H9N/c15-16(13-7-3-4-8-13)14-10-6-2-1-5-9(10)11-12-14;2*1-2-4-5-3-1/h1-2,5-6,16H,3-4,7-8H2;2*5H,1-4H2. The van der Waals surface area contributed by atoms with Gasteiger partial charge in [-0.05, 0) is 76.8 Å². The van der Waals surface area contributed by atoms with Crippen molar-refractivity contribution in [3.8, 4) is 0 Å². The Morgan fingerprint density at radius 3 is 1.96 bits per heavy atom. The fourth-order valence-corrected chi connectivity index (χ4v) is 4.79. The minimum atomic E-state index is -2.00. The summed E-state index contributed by atoms with van der Waals surface area (Å²) in [6.45, 7) is 6.82. The van der Waals surface area contributed by atoms with Gasteiger partial charge in [0.25, 0.3) is 0 Å². The van der Waals surface area contributed by atoms with E-state index in [4.69, 9.17) is 0 Å². The summed E-state index contributed by atoms with van der Waals surface area (Å²) in [7, 11) is -2.00. The van der Waals surface area contributed by atoms with Crippen LogP contribution in [0.2, 0.25) is 0 Å². The van der Waals surface area contributed by atoms with Crippen molar-refractivity contribution in [1.82, 2.24) is 30.1 Å². The van der Waals surface area contributed by atoms with Gasteiger partial charge in [-0.3, -0.25) is 4.57 Å². The molecule has 7 nitrogen and oxygen atoms in total. The molecule has 1 aromatic heterocycles. The maximum Gasteiger partial charge on any atom is 0.249 e. The van der Waals surface area contributed by atoms with Crippen LogP contribution in [-0.2, 0) is 4.57 Å². The molecule has 0 saturated carbocycles. The van der Waals surface area contributed by atoms with Gasteiger partial charge in [-0.25, -0.2) is 4.67 Å². The highest BCUT2D eigenvalue weighted by atomic mass is 31.1. The summed E-state index contributed by atoms with van der Waals surface area (Å²) in [5, 5.41) is 14.5. The Morgan fingerprint density at radius 1 is 0.846 bits per heavy atom. The molecule has 0 radical (unpaired) electrons. The molecule has 2 aromatic rings. The van der Waals surface area contributed by atoms with Crippen LogP contribution < -0.4 is 10.6 Å². The van der Waals surface area contributed by atoms with E-state index < -0.39 is 8.10 Å². The smallest absolute Gasteiger partial charge is 0.249 e. The molecule has 5 rings (SSSR count). The fraction of sp³-hybridized carbons (Fsp3) is 0.667. The highest BCUT2D eigenvalue weighted by molar-refractivity contribution is 7.40. The van der Waals surface area contributed by atoms with Crippen LogP contribution in [0.15, 0.2) is 24.3 Å². The molecule has 1 aromatic carbocycles. The molecule has 3 saturated heterocycles. The number of hydrogen-bond donors (Lipinski definition) is 2. The predicted octanol–water partition coefficient (Wildman–Crippen LogP) is 2.50.